The van der Waals surface area contributed by atoms with Gasteiger partial charge in [-0.25, -0.2) is 0 Å². The number of halogens is 1. The van der Waals surface area contributed by atoms with Gasteiger partial charge < -0.3 is 10.2 Å². The molecule has 1 aromatic carbocycles. The van der Waals surface area contributed by atoms with Crippen molar-refractivity contribution in [3.05, 3.63) is 27.8 Å². The molecular weight excluding hydrogens is 323 g/mol. The Morgan fingerprint density at radius 1 is 1.35 bits per heavy atom. The zero-order chi connectivity index (χ0) is 12.1. The fourth-order valence-electron chi connectivity index (χ4n) is 2.38. The first kappa shape index (κ1) is 13.1. The number of nitrogens with one attached hydrogen (secondary N) is 1. The van der Waals surface area contributed by atoms with Crippen LogP contribution in [0.4, 0.5) is 5.69 Å². The summed E-state index contributed by atoms with van der Waals surface area (Å²) in [5, 5.41) is 3.64. The summed E-state index contributed by atoms with van der Waals surface area (Å²) < 4.78 is 1.31. The van der Waals surface area contributed by atoms with Gasteiger partial charge in [-0.05, 0) is 72.7 Å². The minimum absolute atomic E-state index is 0.669. The Bertz CT molecular complexity index is 337. The van der Waals surface area contributed by atoms with Gasteiger partial charge in [0.05, 0.1) is 0 Å². The van der Waals surface area contributed by atoms with Crippen molar-refractivity contribution >= 4 is 28.3 Å². The van der Waals surface area contributed by atoms with Crippen molar-refractivity contribution in [3.63, 3.8) is 0 Å². The van der Waals surface area contributed by atoms with Crippen LogP contribution in [0.25, 0.3) is 0 Å². The van der Waals surface area contributed by atoms with Gasteiger partial charge in [0.15, 0.2) is 0 Å². The van der Waals surface area contributed by atoms with E-state index in [2.05, 4.69) is 64.0 Å². The van der Waals surface area contributed by atoms with E-state index in [1.54, 1.807) is 0 Å². The van der Waals surface area contributed by atoms with Gasteiger partial charge in [-0.15, -0.1) is 0 Å². The highest BCUT2D eigenvalue weighted by Gasteiger charge is 2.19. The average molecular weight is 344 g/mol. The first-order valence-corrected chi connectivity index (χ1v) is 7.61. The minimum Gasteiger partial charge on any atom is -0.370 e. The highest BCUT2D eigenvalue weighted by molar-refractivity contribution is 14.1. The predicted molar refractivity (Wildman–Crippen MR) is 82.7 cm³/mol. The van der Waals surface area contributed by atoms with Crippen LogP contribution in [0, 0.1) is 3.57 Å². The monoisotopic (exact) mass is 344 g/mol. The maximum Gasteiger partial charge on any atom is 0.0367 e. The third-order valence-electron chi connectivity index (χ3n) is 3.30. The van der Waals surface area contributed by atoms with Crippen molar-refractivity contribution in [2.45, 2.75) is 32.2 Å². The van der Waals surface area contributed by atoms with Gasteiger partial charge in [0.25, 0.3) is 0 Å². The molecule has 17 heavy (non-hydrogen) atoms. The lowest BCUT2D eigenvalue weighted by Gasteiger charge is -2.35. The molecule has 1 heterocycles. The summed E-state index contributed by atoms with van der Waals surface area (Å²) in [6.45, 7) is 5.73. The molecule has 0 aromatic heterocycles. The third-order valence-corrected chi connectivity index (χ3v) is 4.02. The summed E-state index contributed by atoms with van der Waals surface area (Å²) in [4.78, 5) is 2.51. The smallest absolute Gasteiger partial charge is 0.0367 e. The van der Waals surface area contributed by atoms with Crippen LogP contribution in [0.15, 0.2) is 24.3 Å². The minimum atomic E-state index is 0.669. The van der Waals surface area contributed by atoms with E-state index >= 15 is 0 Å². The van der Waals surface area contributed by atoms with Crippen LogP contribution in [-0.2, 0) is 0 Å². The zero-order valence-electron chi connectivity index (χ0n) is 10.5. The Balaban J connectivity index is 1.94. The molecule has 2 nitrogen and oxygen atoms in total. The summed E-state index contributed by atoms with van der Waals surface area (Å²) in [7, 11) is 0. The number of anilines is 1. The molecule has 0 spiro atoms. The molecule has 1 aliphatic heterocycles. The van der Waals surface area contributed by atoms with Crippen LogP contribution in [-0.4, -0.2) is 25.7 Å². The maximum absolute atomic E-state index is 3.64. The van der Waals surface area contributed by atoms with E-state index in [1.165, 1.54) is 35.1 Å². The van der Waals surface area contributed by atoms with Gasteiger partial charge >= 0.3 is 0 Å². The fraction of sp³-hybridized carbons (Fsp3) is 0.571. The summed E-state index contributed by atoms with van der Waals surface area (Å²) in [6, 6.07) is 9.54. The summed E-state index contributed by atoms with van der Waals surface area (Å²) in [6.07, 6.45) is 3.84. The molecule has 0 amide bonds. The molecule has 1 aromatic rings. The van der Waals surface area contributed by atoms with Gasteiger partial charge in [-0.3, -0.25) is 0 Å². The molecule has 1 fully saturated rings. The number of rotatable bonds is 4. The molecule has 2 rings (SSSR count). The topological polar surface area (TPSA) is 15.3 Å². The SMILES string of the molecule is CCCNC1CCCN(c2ccc(I)cc2)C1. The third kappa shape index (κ3) is 3.85. The highest BCUT2D eigenvalue weighted by Crippen LogP contribution is 2.21. The van der Waals surface area contributed by atoms with Crippen molar-refractivity contribution in [2.24, 2.45) is 0 Å². The number of piperidine rings is 1. The fourth-order valence-corrected chi connectivity index (χ4v) is 2.74. The van der Waals surface area contributed by atoms with Crippen molar-refractivity contribution in [3.8, 4) is 0 Å². The molecule has 1 unspecified atom stereocenters. The number of hydrogen-bond donors (Lipinski definition) is 1. The molecule has 1 saturated heterocycles. The Labute approximate surface area is 118 Å². The van der Waals surface area contributed by atoms with Crippen LogP contribution in [0.3, 0.4) is 0 Å². The predicted octanol–water partition coefficient (Wildman–Crippen LogP) is 3.26. The van der Waals surface area contributed by atoms with Crippen LogP contribution in [0.1, 0.15) is 26.2 Å². The van der Waals surface area contributed by atoms with Crippen molar-refractivity contribution in [1.82, 2.24) is 5.32 Å². The van der Waals surface area contributed by atoms with Gasteiger partial charge in [0.1, 0.15) is 0 Å². The van der Waals surface area contributed by atoms with Crippen LogP contribution < -0.4 is 10.2 Å². The second-order valence-electron chi connectivity index (χ2n) is 4.72. The number of benzene rings is 1. The molecule has 3 heteroatoms. The second-order valence-corrected chi connectivity index (χ2v) is 5.96. The van der Waals surface area contributed by atoms with Crippen LogP contribution >= 0.6 is 22.6 Å². The van der Waals surface area contributed by atoms with Crippen molar-refractivity contribution in [2.75, 3.05) is 24.5 Å². The molecule has 1 N–H and O–H groups in total. The molecule has 0 saturated carbocycles. The molecule has 94 valence electrons. The van der Waals surface area contributed by atoms with E-state index in [1.807, 2.05) is 0 Å². The van der Waals surface area contributed by atoms with E-state index < -0.39 is 0 Å². The Kier molecular flexibility index (Phi) is 5.10. The second kappa shape index (κ2) is 6.59. The first-order chi connectivity index (χ1) is 8.29. The largest absolute Gasteiger partial charge is 0.370 e. The summed E-state index contributed by atoms with van der Waals surface area (Å²) in [5.74, 6) is 0. The highest BCUT2D eigenvalue weighted by atomic mass is 127. The van der Waals surface area contributed by atoms with E-state index in [0.29, 0.717) is 6.04 Å². The Morgan fingerprint density at radius 2 is 2.12 bits per heavy atom. The molecule has 1 atom stereocenters. The lowest BCUT2D eigenvalue weighted by atomic mass is 10.0. The van der Waals surface area contributed by atoms with E-state index in [9.17, 15) is 0 Å². The van der Waals surface area contributed by atoms with Gasteiger partial charge in [0.2, 0.25) is 0 Å². The Morgan fingerprint density at radius 3 is 2.82 bits per heavy atom. The number of hydrogen-bond acceptors (Lipinski definition) is 2. The molecule has 0 aliphatic carbocycles. The molecule has 0 radical (unpaired) electrons. The van der Waals surface area contributed by atoms with Crippen LogP contribution in [0.2, 0.25) is 0 Å². The van der Waals surface area contributed by atoms with Gasteiger partial charge in [-0.2, -0.15) is 0 Å². The lowest BCUT2D eigenvalue weighted by molar-refractivity contribution is 0.423. The molecular formula is C14H21IN2. The number of nitrogens with zero attached hydrogens (tertiary/aromatic N) is 1. The van der Waals surface area contributed by atoms with E-state index in [-0.39, 0.29) is 0 Å². The standard InChI is InChI=1S/C14H21IN2/c1-2-9-16-13-4-3-10-17(11-13)14-7-5-12(15)6-8-14/h5-8,13,16H,2-4,9-11H2,1H3. The average Bonchev–Trinajstić information content (AvgIpc) is 2.37. The normalized spacial score (nSPS) is 20.6. The van der Waals surface area contributed by atoms with Crippen LogP contribution in [0.5, 0.6) is 0 Å². The summed E-state index contributed by atoms with van der Waals surface area (Å²) in [5.41, 5.74) is 1.37. The summed E-state index contributed by atoms with van der Waals surface area (Å²) >= 11 is 2.36. The Hall–Kier alpha value is -0.290. The quantitative estimate of drug-likeness (QED) is 0.844. The molecule has 1 aliphatic rings. The zero-order valence-corrected chi connectivity index (χ0v) is 12.6. The first-order valence-electron chi connectivity index (χ1n) is 6.53. The van der Waals surface area contributed by atoms with Gasteiger partial charge in [-0.1, -0.05) is 6.92 Å². The molecule has 0 bridgehead atoms. The van der Waals surface area contributed by atoms with Crippen molar-refractivity contribution < 1.29 is 0 Å². The van der Waals surface area contributed by atoms with E-state index in [0.717, 1.165) is 13.1 Å². The van der Waals surface area contributed by atoms with E-state index in [4.69, 9.17) is 0 Å². The lowest BCUT2D eigenvalue weighted by Crippen LogP contribution is -2.46. The van der Waals surface area contributed by atoms with Crippen molar-refractivity contribution in [1.29, 1.82) is 0 Å². The maximum atomic E-state index is 3.64. The van der Waals surface area contributed by atoms with Gasteiger partial charge in [0, 0.05) is 28.4 Å².